The summed E-state index contributed by atoms with van der Waals surface area (Å²) in [7, 11) is 0. The van der Waals surface area contributed by atoms with Crippen molar-refractivity contribution >= 4 is 11.8 Å². The molecule has 0 aliphatic carbocycles. The van der Waals surface area contributed by atoms with Crippen LogP contribution in [-0.2, 0) is 6.61 Å². The van der Waals surface area contributed by atoms with Crippen molar-refractivity contribution < 1.29 is 32.3 Å². The predicted molar refractivity (Wildman–Crippen MR) is 97.5 cm³/mol. The smallest absolute Gasteiger partial charge is 0.387 e. The molecule has 0 aliphatic heterocycles. The fourth-order valence-electron chi connectivity index (χ4n) is 2.28. The van der Waals surface area contributed by atoms with Crippen LogP contribution in [0.25, 0.3) is 0 Å². The maximum absolute atomic E-state index is 12.1. The van der Waals surface area contributed by atoms with Gasteiger partial charge in [-0.3, -0.25) is 20.4 Å². The van der Waals surface area contributed by atoms with Crippen LogP contribution in [-0.4, -0.2) is 18.4 Å². The van der Waals surface area contributed by atoms with Gasteiger partial charge in [0, 0.05) is 5.56 Å². The van der Waals surface area contributed by atoms with E-state index in [0.717, 1.165) is 0 Å². The number of carbonyl (C=O) groups is 2. The molecule has 0 fully saturated rings. The normalized spacial score (nSPS) is 10.4. The fourth-order valence-corrected chi connectivity index (χ4v) is 2.28. The summed E-state index contributed by atoms with van der Waals surface area (Å²) in [6, 6.07) is 17.1. The van der Waals surface area contributed by atoms with E-state index in [4.69, 9.17) is 9.15 Å². The van der Waals surface area contributed by atoms with Crippen molar-refractivity contribution in [2.24, 2.45) is 0 Å². The zero-order valence-electron chi connectivity index (χ0n) is 14.9. The molecule has 2 aromatic carbocycles. The van der Waals surface area contributed by atoms with Crippen LogP contribution >= 0.6 is 0 Å². The number of para-hydroxylation sites is 1. The summed E-state index contributed by atoms with van der Waals surface area (Å²) < 4.78 is 39.3. The molecule has 2 amide bonds. The van der Waals surface area contributed by atoms with Gasteiger partial charge in [-0.05, 0) is 48.5 Å². The van der Waals surface area contributed by atoms with E-state index in [1.54, 1.807) is 18.2 Å². The average molecular weight is 402 g/mol. The van der Waals surface area contributed by atoms with Gasteiger partial charge in [-0.2, -0.15) is 8.78 Å². The van der Waals surface area contributed by atoms with Crippen molar-refractivity contribution in [3.63, 3.8) is 0 Å². The molecule has 0 atom stereocenters. The number of carbonyl (C=O) groups excluding carboxylic acids is 2. The number of alkyl halides is 2. The molecule has 0 saturated heterocycles. The van der Waals surface area contributed by atoms with Gasteiger partial charge in [-0.25, -0.2) is 0 Å². The van der Waals surface area contributed by atoms with Crippen molar-refractivity contribution in [1.82, 2.24) is 10.9 Å². The highest BCUT2D eigenvalue weighted by molar-refractivity contribution is 5.98. The van der Waals surface area contributed by atoms with Crippen LogP contribution in [0.3, 0.4) is 0 Å². The first-order valence-corrected chi connectivity index (χ1v) is 8.43. The van der Waals surface area contributed by atoms with Gasteiger partial charge in [0.25, 0.3) is 5.91 Å². The van der Waals surface area contributed by atoms with Gasteiger partial charge in [0.05, 0.1) is 0 Å². The minimum atomic E-state index is -2.95. The highest BCUT2D eigenvalue weighted by atomic mass is 19.3. The van der Waals surface area contributed by atoms with Crippen LogP contribution in [0.5, 0.6) is 11.5 Å². The molecule has 1 heterocycles. The molecule has 150 valence electrons. The van der Waals surface area contributed by atoms with Gasteiger partial charge in [-0.15, -0.1) is 0 Å². The lowest BCUT2D eigenvalue weighted by Crippen LogP contribution is -2.41. The van der Waals surface area contributed by atoms with Crippen LogP contribution in [0, 0.1) is 0 Å². The number of hydrazine groups is 1. The number of hydrogen-bond donors (Lipinski definition) is 2. The topological polar surface area (TPSA) is 89.8 Å². The van der Waals surface area contributed by atoms with Crippen molar-refractivity contribution in [1.29, 1.82) is 0 Å². The van der Waals surface area contributed by atoms with Crippen LogP contribution < -0.4 is 20.3 Å². The van der Waals surface area contributed by atoms with E-state index in [9.17, 15) is 18.4 Å². The van der Waals surface area contributed by atoms with Crippen LogP contribution in [0.4, 0.5) is 8.78 Å². The first-order chi connectivity index (χ1) is 14.0. The van der Waals surface area contributed by atoms with E-state index in [1.165, 1.54) is 30.3 Å². The Balaban J connectivity index is 1.49. The second kappa shape index (κ2) is 9.36. The number of furan rings is 1. The molecule has 0 saturated carbocycles. The van der Waals surface area contributed by atoms with E-state index >= 15 is 0 Å². The number of benzene rings is 2. The standard InChI is InChI=1S/C20H16F2N2O5/c21-20(22)29-15-8-6-13(7-9-15)18(25)23-24-19(26)17-11-10-16(28-17)12-27-14-4-2-1-3-5-14/h1-11,20H,12H2,(H,23,25)(H,24,26). The number of rotatable bonds is 7. The SMILES string of the molecule is O=C(NNC(=O)c1ccc(COc2ccccc2)o1)c1ccc(OC(F)F)cc1. The van der Waals surface area contributed by atoms with Gasteiger partial charge in [-0.1, -0.05) is 18.2 Å². The van der Waals surface area contributed by atoms with Gasteiger partial charge in [0.1, 0.15) is 23.9 Å². The van der Waals surface area contributed by atoms with Crippen molar-refractivity contribution in [3.8, 4) is 11.5 Å². The maximum Gasteiger partial charge on any atom is 0.387 e. The summed E-state index contributed by atoms with van der Waals surface area (Å²) in [4.78, 5) is 24.1. The van der Waals surface area contributed by atoms with Gasteiger partial charge in [0.2, 0.25) is 0 Å². The number of ether oxygens (including phenoxy) is 2. The van der Waals surface area contributed by atoms with Crippen molar-refractivity contribution in [3.05, 3.63) is 83.8 Å². The van der Waals surface area contributed by atoms with Crippen LogP contribution in [0.1, 0.15) is 26.7 Å². The van der Waals surface area contributed by atoms with Crippen LogP contribution in [0.2, 0.25) is 0 Å². The molecule has 3 rings (SSSR count). The van der Waals surface area contributed by atoms with Crippen molar-refractivity contribution in [2.75, 3.05) is 0 Å². The Kier molecular flexibility index (Phi) is 6.41. The number of hydrogen-bond acceptors (Lipinski definition) is 5. The Bertz CT molecular complexity index is 959. The van der Waals surface area contributed by atoms with Crippen LogP contribution in [0.15, 0.2) is 71.1 Å². The molecule has 29 heavy (non-hydrogen) atoms. The van der Waals surface area contributed by atoms with Gasteiger partial charge >= 0.3 is 12.5 Å². The molecule has 0 aliphatic rings. The second-order valence-electron chi connectivity index (χ2n) is 5.68. The summed E-state index contributed by atoms with van der Waals surface area (Å²) in [5.41, 5.74) is 4.55. The monoisotopic (exact) mass is 402 g/mol. The quantitative estimate of drug-likeness (QED) is 0.590. The minimum Gasteiger partial charge on any atom is -0.486 e. The average Bonchev–Trinajstić information content (AvgIpc) is 3.20. The zero-order chi connectivity index (χ0) is 20.6. The van der Waals surface area contributed by atoms with E-state index in [1.807, 2.05) is 18.2 Å². The van der Waals surface area contributed by atoms with E-state index in [2.05, 4.69) is 15.6 Å². The largest absolute Gasteiger partial charge is 0.486 e. The lowest BCUT2D eigenvalue weighted by atomic mass is 10.2. The third kappa shape index (κ3) is 5.80. The fraction of sp³-hybridized carbons (Fsp3) is 0.100. The molecule has 7 nitrogen and oxygen atoms in total. The lowest BCUT2D eigenvalue weighted by molar-refractivity contribution is -0.0498. The Morgan fingerprint density at radius 1 is 0.862 bits per heavy atom. The Labute approximate surface area is 164 Å². The molecule has 0 spiro atoms. The summed E-state index contributed by atoms with van der Waals surface area (Å²) in [5, 5.41) is 0. The molecule has 2 N–H and O–H groups in total. The third-order valence-corrected chi connectivity index (χ3v) is 3.64. The first kappa shape index (κ1) is 19.9. The third-order valence-electron chi connectivity index (χ3n) is 3.64. The van der Waals surface area contributed by atoms with Gasteiger partial charge < -0.3 is 13.9 Å². The molecule has 0 unspecified atom stereocenters. The van der Waals surface area contributed by atoms with Crippen molar-refractivity contribution in [2.45, 2.75) is 13.2 Å². The number of nitrogens with one attached hydrogen (secondary N) is 2. The number of halogens is 2. The predicted octanol–water partition coefficient (Wildman–Crippen LogP) is 3.53. The first-order valence-electron chi connectivity index (χ1n) is 8.43. The Morgan fingerprint density at radius 2 is 1.55 bits per heavy atom. The molecular weight excluding hydrogens is 386 g/mol. The minimum absolute atomic E-state index is 0.0161. The summed E-state index contributed by atoms with van der Waals surface area (Å²) >= 11 is 0. The summed E-state index contributed by atoms with van der Waals surface area (Å²) in [5.74, 6) is -0.311. The maximum atomic E-state index is 12.1. The second-order valence-corrected chi connectivity index (χ2v) is 5.68. The molecule has 0 radical (unpaired) electrons. The number of amides is 2. The zero-order valence-corrected chi connectivity index (χ0v) is 14.9. The highest BCUT2D eigenvalue weighted by Gasteiger charge is 2.14. The Morgan fingerprint density at radius 3 is 2.24 bits per heavy atom. The van der Waals surface area contributed by atoms with Gasteiger partial charge in [0.15, 0.2) is 5.76 Å². The van der Waals surface area contributed by atoms with E-state index in [0.29, 0.717) is 11.5 Å². The lowest BCUT2D eigenvalue weighted by Gasteiger charge is -2.07. The summed E-state index contributed by atoms with van der Waals surface area (Å²) in [6.45, 7) is -2.82. The molecule has 0 bridgehead atoms. The molecule has 3 aromatic rings. The molecule has 9 heteroatoms. The molecular formula is C20H16F2N2O5. The highest BCUT2D eigenvalue weighted by Crippen LogP contribution is 2.15. The van der Waals surface area contributed by atoms with E-state index < -0.39 is 18.4 Å². The van der Waals surface area contributed by atoms with E-state index in [-0.39, 0.29) is 23.7 Å². The molecule has 1 aromatic heterocycles. The summed E-state index contributed by atoms with van der Waals surface area (Å²) in [6.07, 6.45) is 0. The Hall–Kier alpha value is -3.88.